The number of benzene rings is 2. The van der Waals surface area contributed by atoms with Crippen molar-refractivity contribution < 1.29 is 19.4 Å². The smallest absolute Gasteiger partial charge is 0.349 e. The molecule has 0 amide bonds. The predicted molar refractivity (Wildman–Crippen MR) is 114 cm³/mol. The number of para-hydroxylation sites is 1. The molecule has 2 heterocycles. The summed E-state index contributed by atoms with van der Waals surface area (Å²) >= 11 is 1.29. The fraction of sp³-hybridized carbons (Fsp3) is 0.375. The molecule has 152 valence electrons. The number of aliphatic hydroxyl groups is 1. The van der Waals surface area contributed by atoms with Crippen LogP contribution in [0.15, 0.2) is 64.1 Å². The summed E-state index contributed by atoms with van der Waals surface area (Å²) in [6, 6.07) is 15.6. The maximum atomic E-state index is 13.2. The van der Waals surface area contributed by atoms with Gasteiger partial charge in [-0.3, -0.25) is 0 Å². The van der Waals surface area contributed by atoms with Gasteiger partial charge in [0.15, 0.2) is 5.60 Å². The third-order valence-corrected chi connectivity index (χ3v) is 7.09. The second-order valence-corrected chi connectivity index (χ2v) is 9.68. The topological polar surface area (TPSA) is 55.8 Å². The van der Waals surface area contributed by atoms with Gasteiger partial charge < -0.3 is 14.6 Å². The molecule has 1 atom stereocenters. The lowest BCUT2D eigenvalue weighted by Crippen LogP contribution is -2.53. The summed E-state index contributed by atoms with van der Waals surface area (Å²) in [6.45, 7) is 8.65. The highest BCUT2D eigenvalue weighted by Gasteiger charge is 2.57. The van der Waals surface area contributed by atoms with Gasteiger partial charge in [-0.25, -0.2) is 4.79 Å². The van der Waals surface area contributed by atoms with Crippen molar-refractivity contribution in [2.24, 2.45) is 5.41 Å². The highest BCUT2D eigenvalue weighted by atomic mass is 32.2. The first-order valence-electron chi connectivity index (χ1n) is 9.90. The predicted octanol–water partition coefficient (Wildman–Crippen LogP) is 5.93. The van der Waals surface area contributed by atoms with Crippen LogP contribution < -0.4 is 4.74 Å². The standard InChI is InChI=1S/C24H26O4S/c1-15(2)16-9-5-8-12-20(16)29-21-18(25)13-24(28-22(21)26)17-10-6-7-11-19(17)27-14-23(24,3)4/h5-12,15,25H,13-14H2,1-4H3. The van der Waals surface area contributed by atoms with Gasteiger partial charge in [0, 0.05) is 15.9 Å². The van der Waals surface area contributed by atoms with Crippen LogP contribution in [0, 0.1) is 5.41 Å². The number of rotatable bonds is 3. The molecule has 2 aliphatic heterocycles. The number of hydrogen-bond donors (Lipinski definition) is 1. The van der Waals surface area contributed by atoms with Gasteiger partial charge in [0.05, 0.1) is 13.0 Å². The van der Waals surface area contributed by atoms with Crippen LogP contribution in [-0.2, 0) is 15.1 Å². The molecule has 1 N–H and O–H groups in total. The van der Waals surface area contributed by atoms with Gasteiger partial charge in [0.25, 0.3) is 0 Å². The molecule has 2 aliphatic rings. The maximum absolute atomic E-state index is 13.2. The van der Waals surface area contributed by atoms with Gasteiger partial charge in [0.1, 0.15) is 16.4 Å². The van der Waals surface area contributed by atoms with Crippen molar-refractivity contribution >= 4 is 17.7 Å². The molecule has 4 nitrogen and oxygen atoms in total. The second-order valence-electron chi connectivity index (χ2n) is 8.63. The van der Waals surface area contributed by atoms with Crippen LogP contribution in [0.3, 0.4) is 0 Å². The number of carbonyl (C=O) groups excluding carboxylic acids is 1. The Morgan fingerprint density at radius 2 is 1.76 bits per heavy atom. The van der Waals surface area contributed by atoms with E-state index in [9.17, 15) is 9.90 Å². The quantitative estimate of drug-likeness (QED) is 0.635. The Kier molecular flexibility index (Phi) is 4.89. The molecule has 29 heavy (non-hydrogen) atoms. The maximum Gasteiger partial charge on any atom is 0.349 e. The van der Waals surface area contributed by atoms with E-state index < -0.39 is 17.0 Å². The molecule has 2 aromatic rings. The van der Waals surface area contributed by atoms with E-state index in [0.29, 0.717) is 18.3 Å². The van der Waals surface area contributed by atoms with E-state index in [1.165, 1.54) is 11.8 Å². The molecule has 0 radical (unpaired) electrons. The number of carbonyl (C=O) groups is 1. The van der Waals surface area contributed by atoms with Crippen LogP contribution in [0.2, 0.25) is 0 Å². The van der Waals surface area contributed by atoms with Crippen LogP contribution in [-0.4, -0.2) is 17.7 Å². The van der Waals surface area contributed by atoms with E-state index in [4.69, 9.17) is 9.47 Å². The minimum Gasteiger partial charge on any atom is -0.511 e. The van der Waals surface area contributed by atoms with E-state index >= 15 is 0 Å². The van der Waals surface area contributed by atoms with Crippen molar-refractivity contribution in [1.29, 1.82) is 0 Å². The normalized spacial score (nSPS) is 23.0. The fourth-order valence-corrected chi connectivity index (χ4v) is 5.23. The van der Waals surface area contributed by atoms with E-state index in [0.717, 1.165) is 16.0 Å². The Morgan fingerprint density at radius 3 is 2.48 bits per heavy atom. The average Bonchev–Trinajstić information content (AvgIpc) is 2.68. The highest BCUT2D eigenvalue weighted by molar-refractivity contribution is 8.04. The molecule has 5 heteroatoms. The number of aliphatic hydroxyl groups excluding tert-OH is 1. The Labute approximate surface area is 175 Å². The van der Waals surface area contributed by atoms with Gasteiger partial charge in [0.2, 0.25) is 0 Å². The third-order valence-electron chi connectivity index (χ3n) is 5.89. The Balaban J connectivity index is 1.76. The zero-order valence-electron chi connectivity index (χ0n) is 17.2. The Morgan fingerprint density at radius 1 is 1.07 bits per heavy atom. The number of thioether (sulfide) groups is 1. The molecular formula is C24H26O4S. The molecule has 4 rings (SSSR count). The molecule has 1 spiro atoms. The van der Waals surface area contributed by atoms with Gasteiger partial charge >= 0.3 is 5.97 Å². The summed E-state index contributed by atoms with van der Waals surface area (Å²) in [5.41, 5.74) is 0.507. The zero-order valence-corrected chi connectivity index (χ0v) is 18.0. The lowest BCUT2D eigenvalue weighted by Gasteiger charge is -2.50. The molecule has 0 fully saturated rings. The first-order valence-corrected chi connectivity index (χ1v) is 10.7. The first-order chi connectivity index (χ1) is 13.7. The van der Waals surface area contributed by atoms with Crippen LogP contribution in [0.5, 0.6) is 5.75 Å². The monoisotopic (exact) mass is 410 g/mol. The molecule has 0 bridgehead atoms. The van der Waals surface area contributed by atoms with Gasteiger partial charge in [-0.05, 0) is 23.6 Å². The van der Waals surface area contributed by atoms with Crippen LogP contribution in [0.25, 0.3) is 0 Å². The summed E-state index contributed by atoms with van der Waals surface area (Å²) in [5.74, 6) is 0.610. The number of fused-ring (bicyclic) bond motifs is 2. The number of esters is 1. The van der Waals surface area contributed by atoms with Crippen LogP contribution in [0.1, 0.15) is 51.2 Å². The lowest BCUT2D eigenvalue weighted by molar-refractivity contribution is -0.186. The van der Waals surface area contributed by atoms with E-state index in [-0.39, 0.29) is 17.1 Å². The highest BCUT2D eigenvalue weighted by Crippen LogP contribution is 2.56. The molecule has 2 aromatic carbocycles. The largest absolute Gasteiger partial charge is 0.511 e. The summed E-state index contributed by atoms with van der Waals surface area (Å²) in [4.78, 5) is 14.4. The first kappa shape index (κ1) is 19.9. The third kappa shape index (κ3) is 3.21. The van der Waals surface area contributed by atoms with E-state index in [2.05, 4.69) is 19.9 Å². The Bertz CT molecular complexity index is 992. The molecular weight excluding hydrogens is 384 g/mol. The Hall–Kier alpha value is -2.40. The summed E-state index contributed by atoms with van der Waals surface area (Å²) in [5, 5.41) is 11.0. The zero-order chi connectivity index (χ0) is 20.8. The van der Waals surface area contributed by atoms with Crippen molar-refractivity contribution in [1.82, 2.24) is 0 Å². The SMILES string of the molecule is CC(C)c1ccccc1SC1=C(O)CC2(OC1=O)c1ccccc1OCC2(C)C. The van der Waals surface area contributed by atoms with Crippen LogP contribution in [0.4, 0.5) is 0 Å². The summed E-state index contributed by atoms with van der Waals surface area (Å²) in [7, 11) is 0. The van der Waals surface area contributed by atoms with Crippen molar-refractivity contribution in [3.63, 3.8) is 0 Å². The van der Waals surface area contributed by atoms with E-state index in [1.54, 1.807) is 0 Å². The number of hydrogen-bond acceptors (Lipinski definition) is 5. The number of ether oxygens (including phenoxy) is 2. The van der Waals surface area contributed by atoms with Crippen molar-refractivity contribution in [3.8, 4) is 5.75 Å². The lowest BCUT2D eigenvalue weighted by atomic mass is 9.66. The molecule has 1 unspecified atom stereocenters. The minimum atomic E-state index is -0.954. The van der Waals surface area contributed by atoms with E-state index in [1.807, 2.05) is 56.3 Å². The molecule has 0 saturated heterocycles. The molecule has 0 aliphatic carbocycles. The summed E-state index contributed by atoms with van der Waals surface area (Å²) in [6.07, 6.45) is 0.234. The van der Waals surface area contributed by atoms with Gasteiger partial charge in [-0.2, -0.15) is 0 Å². The fourth-order valence-electron chi connectivity index (χ4n) is 4.13. The summed E-state index contributed by atoms with van der Waals surface area (Å²) < 4.78 is 12.1. The van der Waals surface area contributed by atoms with Crippen molar-refractivity contribution in [2.75, 3.05) is 6.61 Å². The van der Waals surface area contributed by atoms with Gasteiger partial charge in [-0.15, -0.1) is 0 Å². The molecule has 0 saturated carbocycles. The van der Waals surface area contributed by atoms with Gasteiger partial charge in [-0.1, -0.05) is 75.9 Å². The van der Waals surface area contributed by atoms with Crippen molar-refractivity contribution in [3.05, 3.63) is 70.3 Å². The average molecular weight is 411 g/mol. The minimum absolute atomic E-state index is 0.0783. The van der Waals surface area contributed by atoms with Crippen LogP contribution >= 0.6 is 11.8 Å². The second kappa shape index (κ2) is 7.13. The van der Waals surface area contributed by atoms with Crippen molar-refractivity contribution in [2.45, 2.75) is 50.5 Å². The molecule has 0 aromatic heterocycles.